The molecule has 1 aromatic rings. The Morgan fingerprint density at radius 2 is 1.19 bits per heavy atom. The van der Waals surface area contributed by atoms with Gasteiger partial charge in [-0.2, -0.15) is 0 Å². The van der Waals surface area contributed by atoms with Crippen molar-refractivity contribution < 1.29 is 10.2 Å². The zero-order valence-corrected chi connectivity index (χ0v) is 10.2. The Balaban J connectivity index is 0. The van der Waals surface area contributed by atoms with Gasteiger partial charge in [0, 0.05) is 0 Å². The lowest BCUT2D eigenvalue weighted by atomic mass is 10.1. The topological polar surface area (TPSA) is 40.5 Å². The Hall–Kier alpha value is -1.38. The van der Waals surface area contributed by atoms with E-state index in [0.29, 0.717) is 0 Å². The van der Waals surface area contributed by atoms with E-state index in [-0.39, 0.29) is 13.2 Å². The highest BCUT2D eigenvalue weighted by Crippen LogP contribution is 2.07. The zero-order chi connectivity index (χ0) is 12.8. The summed E-state index contributed by atoms with van der Waals surface area (Å²) in [6, 6.07) is 7.27. The van der Waals surface area contributed by atoms with Crippen LogP contribution >= 0.6 is 0 Å². The minimum atomic E-state index is -0.00324. The molecule has 1 rings (SSSR count). The normalized spacial score (nSPS) is 7.75. The molecule has 2 heteroatoms. The third-order valence-electron chi connectivity index (χ3n) is 1.46. The van der Waals surface area contributed by atoms with Crippen molar-refractivity contribution in [1.29, 1.82) is 0 Å². The van der Waals surface area contributed by atoms with Crippen molar-refractivity contribution in [2.45, 2.75) is 27.1 Å². The molecule has 0 bridgehead atoms. The van der Waals surface area contributed by atoms with Gasteiger partial charge in [0.2, 0.25) is 0 Å². The number of aliphatic hydroxyl groups is 2. The highest BCUT2D eigenvalue weighted by molar-refractivity contribution is 5.25. The fourth-order valence-electron chi connectivity index (χ4n) is 0.866. The molecule has 16 heavy (non-hydrogen) atoms. The average Bonchev–Trinajstić information content (AvgIpc) is 2.31. The highest BCUT2D eigenvalue weighted by Gasteiger charge is 1.95. The number of hydrogen-bond acceptors (Lipinski definition) is 2. The predicted octanol–water partition coefficient (Wildman–Crippen LogP) is 3.06. The third kappa shape index (κ3) is 9.19. The van der Waals surface area contributed by atoms with Crippen LogP contribution in [0.15, 0.2) is 49.6 Å². The summed E-state index contributed by atoms with van der Waals surface area (Å²) in [6.45, 7) is 10.5. The van der Waals surface area contributed by atoms with Crippen LogP contribution in [0.25, 0.3) is 0 Å². The molecule has 0 fully saturated rings. The number of benzene rings is 1. The maximum absolute atomic E-state index is 8.74. The van der Waals surface area contributed by atoms with Crippen molar-refractivity contribution in [2.75, 3.05) is 0 Å². The fourth-order valence-corrected chi connectivity index (χ4v) is 0.866. The van der Waals surface area contributed by atoms with Crippen molar-refractivity contribution in [1.82, 2.24) is 0 Å². The molecule has 0 aliphatic heterocycles. The van der Waals surface area contributed by atoms with Crippen molar-refractivity contribution in [3.05, 3.63) is 60.7 Å². The SMILES string of the molecule is C=CC.C=CC.OCc1ccccc1CO. The maximum atomic E-state index is 8.74. The second-order valence-electron chi connectivity index (χ2n) is 2.90. The van der Waals surface area contributed by atoms with Gasteiger partial charge >= 0.3 is 0 Å². The number of allylic oxidation sites excluding steroid dienone is 2. The van der Waals surface area contributed by atoms with E-state index in [2.05, 4.69) is 13.2 Å². The first-order valence-corrected chi connectivity index (χ1v) is 5.14. The van der Waals surface area contributed by atoms with Crippen LogP contribution in [0.1, 0.15) is 25.0 Å². The molecule has 0 aliphatic rings. The van der Waals surface area contributed by atoms with Crippen LogP contribution in [0.5, 0.6) is 0 Å². The fraction of sp³-hybridized carbons (Fsp3) is 0.286. The summed E-state index contributed by atoms with van der Waals surface area (Å²) in [5.74, 6) is 0. The molecule has 0 amide bonds. The number of hydrogen-bond donors (Lipinski definition) is 2. The van der Waals surface area contributed by atoms with Crippen LogP contribution in [0.4, 0.5) is 0 Å². The molecule has 90 valence electrons. The minimum Gasteiger partial charge on any atom is -0.392 e. The summed E-state index contributed by atoms with van der Waals surface area (Å²) in [7, 11) is 0. The molecule has 0 atom stereocenters. The Morgan fingerprint density at radius 1 is 0.938 bits per heavy atom. The Kier molecular flexibility index (Phi) is 14.5. The van der Waals surface area contributed by atoms with Gasteiger partial charge in [0.15, 0.2) is 0 Å². The summed E-state index contributed by atoms with van der Waals surface area (Å²) in [4.78, 5) is 0. The van der Waals surface area contributed by atoms with Gasteiger partial charge in [0.25, 0.3) is 0 Å². The largest absolute Gasteiger partial charge is 0.392 e. The lowest BCUT2D eigenvalue weighted by molar-refractivity contribution is 0.260. The van der Waals surface area contributed by atoms with E-state index in [1.807, 2.05) is 26.0 Å². The third-order valence-corrected chi connectivity index (χ3v) is 1.46. The number of rotatable bonds is 2. The van der Waals surface area contributed by atoms with E-state index >= 15 is 0 Å². The first-order chi connectivity index (χ1) is 7.71. The van der Waals surface area contributed by atoms with Crippen LogP contribution in [0.2, 0.25) is 0 Å². The van der Waals surface area contributed by atoms with Gasteiger partial charge in [-0.25, -0.2) is 0 Å². The van der Waals surface area contributed by atoms with Gasteiger partial charge in [-0.05, 0) is 25.0 Å². The summed E-state index contributed by atoms with van der Waals surface area (Å²) < 4.78 is 0. The quantitative estimate of drug-likeness (QED) is 0.755. The lowest BCUT2D eigenvalue weighted by Gasteiger charge is -2.01. The van der Waals surface area contributed by atoms with Crippen LogP contribution in [-0.2, 0) is 13.2 Å². The molecule has 0 heterocycles. The highest BCUT2D eigenvalue weighted by atomic mass is 16.3. The van der Waals surface area contributed by atoms with Gasteiger partial charge in [-0.3, -0.25) is 0 Å². The average molecular weight is 222 g/mol. The van der Waals surface area contributed by atoms with Crippen LogP contribution in [0, 0.1) is 0 Å². The molecule has 2 N–H and O–H groups in total. The first kappa shape index (κ1) is 17.0. The molecular formula is C14H22O2. The molecule has 1 aromatic carbocycles. The molecule has 2 nitrogen and oxygen atoms in total. The maximum Gasteiger partial charge on any atom is 0.0685 e. The molecular weight excluding hydrogens is 200 g/mol. The van der Waals surface area contributed by atoms with E-state index in [9.17, 15) is 0 Å². The summed E-state index contributed by atoms with van der Waals surface area (Å²) in [6.07, 6.45) is 3.50. The van der Waals surface area contributed by atoms with Gasteiger partial charge < -0.3 is 10.2 Å². The summed E-state index contributed by atoms with van der Waals surface area (Å²) >= 11 is 0. The van der Waals surface area contributed by atoms with E-state index in [1.165, 1.54) is 0 Å². The number of aliphatic hydroxyl groups excluding tert-OH is 2. The monoisotopic (exact) mass is 222 g/mol. The predicted molar refractivity (Wildman–Crippen MR) is 70.0 cm³/mol. The summed E-state index contributed by atoms with van der Waals surface area (Å²) in [5, 5.41) is 17.5. The van der Waals surface area contributed by atoms with Crippen molar-refractivity contribution in [2.24, 2.45) is 0 Å². The Labute approximate surface area is 98.6 Å². The van der Waals surface area contributed by atoms with Crippen molar-refractivity contribution >= 4 is 0 Å². The van der Waals surface area contributed by atoms with Crippen LogP contribution in [0.3, 0.4) is 0 Å². The van der Waals surface area contributed by atoms with Gasteiger partial charge in [-0.15, -0.1) is 13.2 Å². The van der Waals surface area contributed by atoms with Crippen LogP contribution in [-0.4, -0.2) is 10.2 Å². The molecule has 0 aliphatic carbocycles. The van der Waals surface area contributed by atoms with E-state index in [0.717, 1.165) is 11.1 Å². The second kappa shape index (κ2) is 13.6. The molecule has 0 radical (unpaired) electrons. The van der Waals surface area contributed by atoms with Crippen LogP contribution < -0.4 is 0 Å². The van der Waals surface area contributed by atoms with Gasteiger partial charge in [0.05, 0.1) is 13.2 Å². The lowest BCUT2D eigenvalue weighted by Crippen LogP contribution is -1.91. The Bertz CT molecular complexity index is 251. The second-order valence-corrected chi connectivity index (χ2v) is 2.90. The Morgan fingerprint density at radius 3 is 1.38 bits per heavy atom. The first-order valence-electron chi connectivity index (χ1n) is 5.14. The van der Waals surface area contributed by atoms with E-state index < -0.39 is 0 Å². The molecule has 0 saturated carbocycles. The zero-order valence-electron chi connectivity index (χ0n) is 10.2. The molecule has 0 aromatic heterocycles. The standard InChI is InChI=1S/C8H10O2.2C3H6/c9-5-7-3-1-2-4-8(7)6-10;2*1-3-2/h1-4,9-10H,5-6H2;2*3H,1H2,2H3. The van der Waals surface area contributed by atoms with Gasteiger partial charge in [0.1, 0.15) is 0 Å². The van der Waals surface area contributed by atoms with Gasteiger partial charge in [-0.1, -0.05) is 36.4 Å². The molecule has 0 unspecified atom stereocenters. The van der Waals surface area contributed by atoms with Crippen molar-refractivity contribution in [3.63, 3.8) is 0 Å². The summed E-state index contributed by atoms with van der Waals surface area (Å²) in [5.41, 5.74) is 1.59. The molecule has 0 saturated heterocycles. The van der Waals surface area contributed by atoms with E-state index in [4.69, 9.17) is 10.2 Å². The van der Waals surface area contributed by atoms with E-state index in [1.54, 1.807) is 24.3 Å². The smallest absolute Gasteiger partial charge is 0.0685 e. The minimum absolute atomic E-state index is 0.00324. The molecule has 0 spiro atoms. The van der Waals surface area contributed by atoms with Crippen molar-refractivity contribution in [3.8, 4) is 0 Å².